The van der Waals surface area contributed by atoms with Crippen LogP contribution in [0, 0.1) is 3.70 Å². The topological polar surface area (TPSA) is 17.3 Å². The number of fused-ring (bicyclic) bond motifs is 1. The van der Waals surface area contributed by atoms with Crippen LogP contribution in [-0.2, 0) is 5.41 Å². The van der Waals surface area contributed by atoms with Crippen molar-refractivity contribution in [2.75, 3.05) is 0 Å². The Labute approximate surface area is 97.5 Å². The molecule has 0 atom stereocenters. The number of halogens is 1. The van der Waals surface area contributed by atoms with E-state index in [4.69, 9.17) is 0 Å². The highest BCUT2D eigenvalue weighted by Gasteiger charge is 2.19. The lowest BCUT2D eigenvalue weighted by Crippen LogP contribution is -2.15. The van der Waals surface area contributed by atoms with Crippen LogP contribution in [0.25, 0.3) is 5.65 Å². The highest BCUT2D eigenvalue weighted by molar-refractivity contribution is 14.1. The number of aromatic nitrogens is 2. The monoisotopic (exact) mass is 300 g/mol. The van der Waals surface area contributed by atoms with Gasteiger partial charge in [-0.25, -0.2) is 4.98 Å². The quantitative estimate of drug-likeness (QED) is 0.539. The highest BCUT2D eigenvalue weighted by atomic mass is 127. The molecule has 0 aromatic carbocycles. The van der Waals surface area contributed by atoms with Crippen molar-refractivity contribution < 1.29 is 0 Å². The van der Waals surface area contributed by atoms with E-state index in [0.717, 1.165) is 5.65 Å². The standard InChI is InChI=1S/C11H13IN2/c1-11(2,3)8-7-13-10-6-4-5-9(12)14(8)10/h4-7H,1-3H3. The summed E-state index contributed by atoms with van der Waals surface area (Å²) in [7, 11) is 0. The third kappa shape index (κ3) is 1.54. The molecule has 3 heteroatoms. The van der Waals surface area contributed by atoms with Crippen LogP contribution in [0.1, 0.15) is 26.5 Å². The first-order valence-corrected chi connectivity index (χ1v) is 5.70. The summed E-state index contributed by atoms with van der Waals surface area (Å²) in [6, 6.07) is 6.18. The van der Waals surface area contributed by atoms with E-state index in [-0.39, 0.29) is 5.41 Å². The molecule has 0 unspecified atom stereocenters. The lowest BCUT2D eigenvalue weighted by molar-refractivity contribution is 0.561. The van der Waals surface area contributed by atoms with Crippen LogP contribution in [0.4, 0.5) is 0 Å². The number of pyridine rings is 1. The molecule has 0 spiro atoms. The van der Waals surface area contributed by atoms with Crippen molar-refractivity contribution in [2.24, 2.45) is 0 Å². The van der Waals surface area contributed by atoms with E-state index in [1.807, 2.05) is 18.3 Å². The van der Waals surface area contributed by atoms with Gasteiger partial charge in [0.1, 0.15) is 5.65 Å². The molecule has 0 N–H and O–H groups in total. The normalized spacial score (nSPS) is 12.3. The van der Waals surface area contributed by atoms with Gasteiger partial charge >= 0.3 is 0 Å². The lowest BCUT2D eigenvalue weighted by Gasteiger charge is -2.18. The van der Waals surface area contributed by atoms with Crippen LogP contribution < -0.4 is 0 Å². The molecule has 0 saturated heterocycles. The third-order valence-corrected chi connectivity index (χ3v) is 3.09. The van der Waals surface area contributed by atoms with Crippen LogP contribution in [0.15, 0.2) is 24.4 Å². The molecule has 74 valence electrons. The Kier molecular flexibility index (Phi) is 2.29. The van der Waals surface area contributed by atoms with Crippen LogP contribution in [-0.4, -0.2) is 9.38 Å². The largest absolute Gasteiger partial charge is 0.291 e. The fourth-order valence-corrected chi connectivity index (χ4v) is 2.24. The van der Waals surface area contributed by atoms with Gasteiger partial charge in [0.25, 0.3) is 0 Å². The fraction of sp³-hybridized carbons (Fsp3) is 0.364. The number of imidazole rings is 1. The predicted octanol–water partition coefficient (Wildman–Crippen LogP) is 3.24. The molecule has 2 heterocycles. The summed E-state index contributed by atoms with van der Waals surface area (Å²) in [6.07, 6.45) is 1.97. The van der Waals surface area contributed by atoms with Crippen LogP contribution in [0.2, 0.25) is 0 Å². The van der Waals surface area contributed by atoms with E-state index in [1.165, 1.54) is 9.39 Å². The first-order valence-electron chi connectivity index (χ1n) is 4.62. The zero-order valence-electron chi connectivity index (χ0n) is 8.58. The molecule has 0 amide bonds. The molecule has 2 rings (SSSR count). The summed E-state index contributed by atoms with van der Waals surface area (Å²) in [5.74, 6) is 0. The minimum Gasteiger partial charge on any atom is -0.291 e. The third-order valence-electron chi connectivity index (χ3n) is 2.25. The Morgan fingerprint density at radius 1 is 1.29 bits per heavy atom. The zero-order chi connectivity index (χ0) is 10.3. The number of rotatable bonds is 0. The van der Waals surface area contributed by atoms with Crippen LogP contribution in [0.5, 0.6) is 0 Å². The van der Waals surface area contributed by atoms with Crippen molar-refractivity contribution in [3.05, 3.63) is 33.8 Å². The molecule has 0 saturated carbocycles. The maximum absolute atomic E-state index is 4.40. The van der Waals surface area contributed by atoms with Crippen molar-refractivity contribution in [3.8, 4) is 0 Å². The van der Waals surface area contributed by atoms with E-state index in [2.05, 4.69) is 58.8 Å². The van der Waals surface area contributed by atoms with Gasteiger partial charge in [-0.05, 0) is 34.7 Å². The van der Waals surface area contributed by atoms with Crippen molar-refractivity contribution in [1.29, 1.82) is 0 Å². The van der Waals surface area contributed by atoms with E-state index in [9.17, 15) is 0 Å². The molecule has 14 heavy (non-hydrogen) atoms. The maximum Gasteiger partial charge on any atom is 0.137 e. The van der Waals surface area contributed by atoms with Gasteiger partial charge in [-0.15, -0.1) is 0 Å². The van der Waals surface area contributed by atoms with Gasteiger partial charge in [0, 0.05) is 17.3 Å². The molecular formula is C11H13IN2. The van der Waals surface area contributed by atoms with E-state index >= 15 is 0 Å². The fourth-order valence-electron chi connectivity index (χ4n) is 1.53. The first kappa shape index (κ1) is 9.96. The second-order valence-electron chi connectivity index (χ2n) is 4.44. The first-order chi connectivity index (χ1) is 6.50. The highest BCUT2D eigenvalue weighted by Crippen LogP contribution is 2.24. The molecule has 2 aromatic heterocycles. The Morgan fingerprint density at radius 2 is 2.00 bits per heavy atom. The number of hydrogen-bond donors (Lipinski definition) is 0. The molecule has 0 bridgehead atoms. The smallest absolute Gasteiger partial charge is 0.137 e. The summed E-state index contributed by atoms with van der Waals surface area (Å²) in [5.41, 5.74) is 2.43. The van der Waals surface area contributed by atoms with E-state index in [0.29, 0.717) is 0 Å². The molecule has 0 radical (unpaired) electrons. The molecule has 2 aromatic rings. The van der Waals surface area contributed by atoms with Gasteiger partial charge < -0.3 is 0 Å². The van der Waals surface area contributed by atoms with Gasteiger partial charge in [-0.1, -0.05) is 26.8 Å². The Bertz CT molecular complexity index is 466. The number of hydrogen-bond acceptors (Lipinski definition) is 1. The summed E-state index contributed by atoms with van der Waals surface area (Å²) >= 11 is 2.34. The average Bonchev–Trinajstić information content (AvgIpc) is 2.47. The van der Waals surface area contributed by atoms with E-state index in [1.54, 1.807) is 0 Å². The van der Waals surface area contributed by atoms with Crippen molar-refractivity contribution in [1.82, 2.24) is 9.38 Å². The van der Waals surface area contributed by atoms with Crippen LogP contribution >= 0.6 is 22.6 Å². The summed E-state index contributed by atoms with van der Waals surface area (Å²) < 4.78 is 3.42. The SMILES string of the molecule is CC(C)(C)c1cnc2cccc(I)n12. The lowest BCUT2D eigenvalue weighted by atomic mass is 9.93. The minimum atomic E-state index is 0.140. The second-order valence-corrected chi connectivity index (χ2v) is 5.54. The second kappa shape index (κ2) is 3.22. The summed E-state index contributed by atoms with van der Waals surface area (Å²) in [4.78, 5) is 4.40. The Balaban J connectivity index is 2.80. The van der Waals surface area contributed by atoms with Crippen molar-refractivity contribution in [3.63, 3.8) is 0 Å². The van der Waals surface area contributed by atoms with Crippen LogP contribution in [0.3, 0.4) is 0 Å². The van der Waals surface area contributed by atoms with Crippen molar-refractivity contribution in [2.45, 2.75) is 26.2 Å². The minimum absolute atomic E-state index is 0.140. The van der Waals surface area contributed by atoms with Gasteiger partial charge in [-0.3, -0.25) is 4.40 Å². The molecule has 0 aliphatic heterocycles. The van der Waals surface area contributed by atoms with Crippen molar-refractivity contribution >= 4 is 28.2 Å². The van der Waals surface area contributed by atoms with E-state index < -0.39 is 0 Å². The molecular weight excluding hydrogens is 287 g/mol. The maximum atomic E-state index is 4.40. The molecule has 0 aliphatic rings. The Morgan fingerprint density at radius 3 is 2.64 bits per heavy atom. The zero-order valence-corrected chi connectivity index (χ0v) is 10.7. The van der Waals surface area contributed by atoms with Gasteiger partial charge in [0.15, 0.2) is 0 Å². The molecule has 0 fully saturated rings. The number of nitrogens with zero attached hydrogens (tertiary/aromatic N) is 2. The summed E-state index contributed by atoms with van der Waals surface area (Å²) in [6.45, 7) is 6.62. The molecule has 0 aliphatic carbocycles. The average molecular weight is 300 g/mol. The Hall–Kier alpha value is -0.580. The van der Waals surface area contributed by atoms with Gasteiger partial charge in [0.2, 0.25) is 0 Å². The van der Waals surface area contributed by atoms with Gasteiger partial charge in [-0.2, -0.15) is 0 Å². The molecule has 2 nitrogen and oxygen atoms in total. The summed E-state index contributed by atoms with van der Waals surface area (Å²) in [5, 5.41) is 0. The van der Waals surface area contributed by atoms with Gasteiger partial charge in [0.05, 0.1) is 3.70 Å². The predicted molar refractivity (Wildman–Crippen MR) is 66.6 cm³/mol.